The molecular weight excluding hydrogens is 264 g/mol. The molecule has 102 valence electrons. The Morgan fingerprint density at radius 3 is 2.39 bits per heavy atom. The first kappa shape index (κ1) is 14.7. The molecule has 1 N–H and O–H groups in total. The highest BCUT2D eigenvalue weighted by atomic mass is 32.2. The lowest BCUT2D eigenvalue weighted by molar-refractivity contribution is -0.0498. The summed E-state index contributed by atoms with van der Waals surface area (Å²) in [5.74, 6) is 0.214. The molecule has 0 fully saturated rings. The molecule has 1 aromatic rings. The maximum absolute atomic E-state index is 11.9. The molecule has 0 aliphatic heterocycles. The molecule has 1 aromatic carbocycles. The Hall–Kier alpha value is -1.37. The first-order valence-electron chi connectivity index (χ1n) is 5.42. The van der Waals surface area contributed by atoms with E-state index in [1.165, 1.54) is 12.1 Å². The topological polar surface area (TPSA) is 55.4 Å². The molecule has 0 amide bonds. The number of ether oxygens (including phenoxy) is 1. The molecule has 0 aromatic heterocycles. The van der Waals surface area contributed by atoms with E-state index < -0.39 is 16.4 Å². The number of hydrogen-bond donors (Lipinski definition) is 1. The summed E-state index contributed by atoms with van der Waals surface area (Å²) < 4.78 is 50.4. The van der Waals surface area contributed by atoms with Crippen LogP contribution in [0.4, 0.5) is 14.5 Å². The molecule has 4 nitrogen and oxygen atoms in total. The zero-order valence-corrected chi connectivity index (χ0v) is 10.7. The molecule has 0 aliphatic carbocycles. The number of rotatable bonds is 7. The Morgan fingerprint density at radius 1 is 1.28 bits per heavy atom. The molecule has 0 aliphatic rings. The van der Waals surface area contributed by atoms with Gasteiger partial charge in [0.05, 0.1) is 5.75 Å². The summed E-state index contributed by atoms with van der Waals surface area (Å²) in [6.45, 7) is -0.977. The normalized spacial score (nSPS) is 11.6. The highest BCUT2D eigenvalue weighted by Crippen LogP contribution is 2.17. The fourth-order valence-electron chi connectivity index (χ4n) is 1.25. The van der Waals surface area contributed by atoms with E-state index in [0.29, 0.717) is 5.69 Å². The minimum Gasteiger partial charge on any atom is -0.435 e. The second kappa shape index (κ2) is 6.53. The Balaban J connectivity index is 2.44. The van der Waals surface area contributed by atoms with E-state index in [-0.39, 0.29) is 23.8 Å². The van der Waals surface area contributed by atoms with Crippen molar-refractivity contribution in [2.75, 3.05) is 23.4 Å². The van der Waals surface area contributed by atoms with Gasteiger partial charge in [0.1, 0.15) is 5.75 Å². The largest absolute Gasteiger partial charge is 0.435 e. The zero-order valence-electron chi connectivity index (χ0n) is 9.90. The van der Waals surface area contributed by atoms with Gasteiger partial charge >= 0.3 is 6.61 Å². The van der Waals surface area contributed by atoms with Crippen molar-refractivity contribution >= 4 is 15.5 Å². The molecular formula is C11H15F2NO3S. The van der Waals surface area contributed by atoms with Crippen LogP contribution in [0, 0.1) is 0 Å². The summed E-state index contributed by atoms with van der Waals surface area (Å²) in [5, 5.41) is 2.89. The van der Waals surface area contributed by atoms with E-state index in [1.54, 1.807) is 19.1 Å². The van der Waals surface area contributed by atoms with Gasteiger partial charge in [0, 0.05) is 18.0 Å². The van der Waals surface area contributed by atoms with E-state index in [9.17, 15) is 17.2 Å². The average Bonchev–Trinajstić information content (AvgIpc) is 2.30. The first-order valence-corrected chi connectivity index (χ1v) is 7.24. The standard InChI is InChI=1S/C11H15F2NO3S/c1-2-18(15,16)8-7-14-9-3-5-10(6-4-9)17-11(12)13/h3-6,11,14H,2,7-8H2,1H3. The van der Waals surface area contributed by atoms with Crippen LogP contribution in [0.15, 0.2) is 24.3 Å². The number of benzene rings is 1. The van der Waals surface area contributed by atoms with Crippen LogP contribution in [0.3, 0.4) is 0 Å². The number of anilines is 1. The van der Waals surface area contributed by atoms with Crippen LogP contribution in [-0.2, 0) is 9.84 Å². The van der Waals surface area contributed by atoms with Crippen molar-refractivity contribution in [3.63, 3.8) is 0 Å². The van der Waals surface area contributed by atoms with Crippen molar-refractivity contribution in [1.82, 2.24) is 0 Å². The van der Waals surface area contributed by atoms with Gasteiger partial charge in [-0.1, -0.05) is 6.92 Å². The molecule has 0 saturated carbocycles. The quantitative estimate of drug-likeness (QED) is 0.830. The molecule has 0 unspecified atom stereocenters. The number of nitrogens with one attached hydrogen (secondary N) is 1. The smallest absolute Gasteiger partial charge is 0.387 e. The number of hydrogen-bond acceptors (Lipinski definition) is 4. The second-order valence-electron chi connectivity index (χ2n) is 3.57. The van der Waals surface area contributed by atoms with Gasteiger partial charge in [-0.05, 0) is 24.3 Å². The maximum atomic E-state index is 11.9. The second-order valence-corrected chi connectivity index (χ2v) is 6.04. The third-order valence-electron chi connectivity index (χ3n) is 2.26. The van der Waals surface area contributed by atoms with Crippen molar-refractivity contribution in [3.05, 3.63) is 24.3 Å². The average molecular weight is 279 g/mol. The fraction of sp³-hybridized carbons (Fsp3) is 0.455. The number of halogens is 2. The SMILES string of the molecule is CCS(=O)(=O)CCNc1ccc(OC(F)F)cc1. The van der Waals surface area contributed by atoms with Crippen molar-refractivity contribution in [2.24, 2.45) is 0 Å². The van der Waals surface area contributed by atoms with E-state index >= 15 is 0 Å². The minimum atomic E-state index is -3.00. The lowest BCUT2D eigenvalue weighted by Crippen LogP contribution is -2.17. The lowest BCUT2D eigenvalue weighted by atomic mass is 10.3. The van der Waals surface area contributed by atoms with Gasteiger partial charge < -0.3 is 10.1 Å². The van der Waals surface area contributed by atoms with Crippen molar-refractivity contribution in [1.29, 1.82) is 0 Å². The van der Waals surface area contributed by atoms with Gasteiger partial charge in [0.25, 0.3) is 0 Å². The van der Waals surface area contributed by atoms with Crippen LogP contribution in [0.1, 0.15) is 6.92 Å². The highest BCUT2D eigenvalue weighted by molar-refractivity contribution is 7.91. The van der Waals surface area contributed by atoms with Gasteiger partial charge in [0.2, 0.25) is 0 Å². The summed E-state index contributed by atoms with van der Waals surface area (Å²) in [6.07, 6.45) is 0. The van der Waals surface area contributed by atoms with E-state index in [4.69, 9.17) is 0 Å². The fourth-order valence-corrected chi connectivity index (χ4v) is 1.95. The molecule has 0 spiro atoms. The summed E-state index contributed by atoms with van der Waals surface area (Å²) in [4.78, 5) is 0. The molecule has 0 heterocycles. The van der Waals surface area contributed by atoms with Crippen molar-refractivity contribution in [3.8, 4) is 5.75 Å². The van der Waals surface area contributed by atoms with Crippen molar-refractivity contribution in [2.45, 2.75) is 13.5 Å². The zero-order chi connectivity index (χ0) is 13.6. The van der Waals surface area contributed by atoms with E-state index in [2.05, 4.69) is 10.1 Å². The van der Waals surface area contributed by atoms with Crippen molar-refractivity contribution < 1.29 is 21.9 Å². The minimum absolute atomic E-state index is 0.0405. The van der Waals surface area contributed by atoms with Crippen LogP contribution in [-0.4, -0.2) is 33.1 Å². The molecule has 1 rings (SSSR count). The monoisotopic (exact) mass is 279 g/mol. The maximum Gasteiger partial charge on any atom is 0.387 e. The van der Waals surface area contributed by atoms with Crippen LogP contribution in [0.5, 0.6) is 5.75 Å². The Bertz CT molecular complexity index is 460. The Labute approximate surface area is 105 Å². The number of alkyl halides is 2. The molecule has 18 heavy (non-hydrogen) atoms. The lowest BCUT2D eigenvalue weighted by Gasteiger charge is -2.08. The van der Waals surface area contributed by atoms with E-state index in [0.717, 1.165) is 0 Å². The summed E-state index contributed by atoms with van der Waals surface area (Å²) in [5.41, 5.74) is 0.655. The summed E-state index contributed by atoms with van der Waals surface area (Å²) in [6, 6.07) is 5.89. The third-order valence-corrected chi connectivity index (χ3v) is 3.97. The predicted octanol–water partition coefficient (Wildman–Crippen LogP) is 2.13. The summed E-state index contributed by atoms with van der Waals surface area (Å²) in [7, 11) is -3.00. The molecule has 0 saturated heterocycles. The molecule has 7 heteroatoms. The molecule has 0 bridgehead atoms. The Morgan fingerprint density at radius 2 is 1.89 bits per heavy atom. The van der Waals surface area contributed by atoms with Crippen LogP contribution < -0.4 is 10.1 Å². The van der Waals surface area contributed by atoms with Gasteiger partial charge in [-0.3, -0.25) is 0 Å². The van der Waals surface area contributed by atoms with Gasteiger partial charge in [-0.2, -0.15) is 8.78 Å². The third kappa shape index (κ3) is 5.31. The Kier molecular flexibility index (Phi) is 5.33. The van der Waals surface area contributed by atoms with Gasteiger partial charge in [-0.25, -0.2) is 8.42 Å². The molecule has 0 atom stereocenters. The van der Waals surface area contributed by atoms with Gasteiger partial charge in [-0.15, -0.1) is 0 Å². The predicted molar refractivity (Wildman–Crippen MR) is 65.9 cm³/mol. The summed E-state index contributed by atoms with van der Waals surface area (Å²) >= 11 is 0. The van der Waals surface area contributed by atoms with E-state index in [1.807, 2.05) is 0 Å². The van der Waals surface area contributed by atoms with Crippen LogP contribution in [0.2, 0.25) is 0 Å². The molecule has 0 radical (unpaired) electrons. The highest BCUT2D eigenvalue weighted by Gasteiger charge is 2.07. The van der Waals surface area contributed by atoms with Crippen LogP contribution >= 0.6 is 0 Å². The van der Waals surface area contributed by atoms with Gasteiger partial charge in [0.15, 0.2) is 9.84 Å². The number of sulfone groups is 1. The first-order chi connectivity index (χ1) is 8.43. The van der Waals surface area contributed by atoms with Crippen LogP contribution in [0.25, 0.3) is 0 Å².